The van der Waals surface area contributed by atoms with E-state index in [-0.39, 0.29) is 23.7 Å². The first kappa shape index (κ1) is 18.4. The number of aryl methyl sites for hydroxylation is 1. The number of pyridine rings is 1. The molecule has 0 fully saturated rings. The Balaban J connectivity index is 1.54. The second-order valence-electron chi connectivity index (χ2n) is 5.99. The summed E-state index contributed by atoms with van der Waals surface area (Å²) in [6, 6.07) is 14.5. The molecule has 1 aromatic carbocycles. The molecule has 1 N–H and O–H groups in total. The van der Waals surface area contributed by atoms with Crippen LogP contribution in [0.15, 0.2) is 65.6 Å². The number of nitrogens with one attached hydrogen (secondary N) is 1. The second kappa shape index (κ2) is 8.84. The number of hydrogen-bond acceptors (Lipinski definition) is 4. The average molecular weight is 366 g/mol. The summed E-state index contributed by atoms with van der Waals surface area (Å²) in [5, 5.41) is 7.10. The van der Waals surface area contributed by atoms with Gasteiger partial charge in [-0.2, -0.15) is 5.10 Å². The highest BCUT2D eigenvalue weighted by atomic mass is 19.1. The van der Waals surface area contributed by atoms with Crippen molar-refractivity contribution in [1.29, 1.82) is 0 Å². The van der Waals surface area contributed by atoms with Crippen LogP contribution in [0.3, 0.4) is 0 Å². The first-order chi connectivity index (χ1) is 13.1. The van der Waals surface area contributed by atoms with Gasteiger partial charge in [0.1, 0.15) is 5.82 Å². The number of carbonyl (C=O) groups is 1. The minimum atomic E-state index is -0.330. The van der Waals surface area contributed by atoms with Crippen LogP contribution >= 0.6 is 0 Å². The highest BCUT2D eigenvalue weighted by Gasteiger charge is 2.06. The standard InChI is InChI=1S/C20H19FN4O2/c21-16-8-6-15(7-9-16)18-10-11-20(27)25(24-18)13-3-5-19(26)23-14-17-4-1-2-12-22-17/h1-2,4,6-12H,3,5,13-14H2,(H,23,26). The van der Waals surface area contributed by atoms with Crippen molar-refractivity contribution in [3.05, 3.63) is 82.7 Å². The molecule has 3 rings (SSSR count). The lowest BCUT2D eigenvalue weighted by Crippen LogP contribution is -2.25. The molecule has 138 valence electrons. The van der Waals surface area contributed by atoms with Crippen LogP contribution in [-0.4, -0.2) is 20.7 Å². The van der Waals surface area contributed by atoms with E-state index in [0.29, 0.717) is 25.2 Å². The predicted octanol–water partition coefficient (Wildman–Crippen LogP) is 2.54. The van der Waals surface area contributed by atoms with Gasteiger partial charge in [-0.25, -0.2) is 9.07 Å². The van der Waals surface area contributed by atoms with Gasteiger partial charge < -0.3 is 5.32 Å². The van der Waals surface area contributed by atoms with E-state index in [1.165, 1.54) is 22.9 Å². The molecule has 0 aliphatic carbocycles. The number of halogens is 1. The molecule has 2 aromatic heterocycles. The number of hydrogen-bond donors (Lipinski definition) is 1. The molecule has 3 aromatic rings. The summed E-state index contributed by atoms with van der Waals surface area (Å²) in [4.78, 5) is 28.0. The van der Waals surface area contributed by atoms with Crippen molar-refractivity contribution in [2.75, 3.05) is 0 Å². The normalized spacial score (nSPS) is 10.6. The largest absolute Gasteiger partial charge is 0.350 e. The van der Waals surface area contributed by atoms with Crippen LogP contribution in [0, 0.1) is 5.82 Å². The van der Waals surface area contributed by atoms with Crippen LogP contribution in [0.4, 0.5) is 4.39 Å². The Morgan fingerprint density at radius 1 is 1.07 bits per heavy atom. The number of aromatic nitrogens is 3. The van der Waals surface area contributed by atoms with E-state index < -0.39 is 0 Å². The first-order valence-electron chi connectivity index (χ1n) is 8.62. The number of nitrogens with zero attached hydrogens (tertiary/aromatic N) is 3. The van der Waals surface area contributed by atoms with Gasteiger partial charge in [0, 0.05) is 30.8 Å². The van der Waals surface area contributed by atoms with Crippen molar-refractivity contribution in [2.45, 2.75) is 25.9 Å². The molecule has 7 heteroatoms. The molecule has 0 aliphatic rings. The molecule has 6 nitrogen and oxygen atoms in total. The summed E-state index contributed by atoms with van der Waals surface area (Å²) in [5.74, 6) is -0.438. The summed E-state index contributed by atoms with van der Waals surface area (Å²) in [5.41, 5.74) is 1.85. The summed E-state index contributed by atoms with van der Waals surface area (Å²) in [7, 11) is 0. The van der Waals surface area contributed by atoms with E-state index in [9.17, 15) is 14.0 Å². The zero-order valence-corrected chi connectivity index (χ0v) is 14.6. The molecule has 0 unspecified atom stereocenters. The molecule has 0 atom stereocenters. The van der Waals surface area contributed by atoms with E-state index in [2.05, 4.69) is 15.4 Å². The predicted molar refractivity (Wildman–Crippen MR) is 99.2 cm³/mol. The molecule has 1 amide bonds. The Bertz CT molecular complexity index is 956. The van der Waals surface area contributed by atoms with Crippen molar-refractivity contribution < 1.29 is 9.18 Å². The van der Waals surface area contributed by atoms with E-state index >= 15 is 0 Å². The fraction of sp³-hybridized carbons (Fsp3) is 0.200. The van der Waals surface area contributed by atoms with Crippen LogP contribution in [0.2, 0.25) is 0 Å². The van der Waals surface area contributed by atoms with E-state index in [4.69, 9.17) is 0 Å². The fourth-order valence-corrected chi connectivity index (χ4v) is 2.55. The van der Waals surface area contributed by atoms with Crippen molar-refractivity contribution in [3.63, 3.8) is 0 Å². The third-order valence-electron chi connectivity index (χ3n) is 3.97. The van der Waals surface area contributed by atoms with Crippen molar-refractivity contribution in [1.82, 2.24) is 20.1 Å². The van der Waals surface area contributed by atoms with Crippen molar-refractivity contribution >= 4 is 5.91 Å². The van der Waals surface area contributed by atoms with Gasteiger partial charge in [-0.15, -0.1) is 0 Å². The number of amides is 1. The van der Waals surface area contributed by atoms with Gasteiger partial charge >= 0.3 is 0 Å². The molecular formula is C20H19FN4O2. The average Bonchev–Trinajstić information content (AvgIpc) is 2.69. The Hall–Kier alpha value is -3.35. The molecule has 0 aliphatic heterocycles. The molecule has 0 spiro atoms. The van der Waals surface area contributed by atoms with Crippen molar-refractivity contribution in [3.8, 4) is 11.3 Å². The molecule has 0 saturated heterocycles. The molecule has 0 radical (unpaired) electrons. The quantitative estimate of drug-likeness (QED) is 0.697. The smallest absolute Gasteiger partial charge is 0.266 e. The monoisotopic (exact) mass is 366 g/mol. The lowest BCUT2D eigenvalue weighted by molar-refractivity contribution is -0.121. The Morgan fingerprint density at radius 3 is 2.63 bits per heavy atom. The lowest BCUT2D eigenvalue weighted by Gasteiger charge is -2.08. The van der Waals surface area contributed by atoms with E-state index in [1.54, 1.807) is 24.4 Å². The third-order valence-corrected chi connectivity index (χ3v) is 3.97. The Kier molecular flexibility index (Phi) is 6.04. The highest BCUT2D eigenvalue weighted by molar-refractivity contribution is 5.75. The summed E-state index contributed by atoms with van der Waals surface area (Å²) < 4.78 is 14.4. The first-order valence-corrected chi connectivity index (χ1v) is 8.62. The van der Waals surface area contributed by atoms with Crippen LogP contribution in [-0.2, 0) is 17.9 Å². The van der Waals surface area contributed by atoms with Crippen LogP contribution in [0.25, 0.3) is 11.3 Å². The summed E-state index contributed by atoms with van der Waals surface area (Å²) >= 11 is 0. The van der Waals surface area contributed by atoms with Gasteiger partial charge in [0.05, 0.1) is 17.9 Å². The maximum atomic E-state index is 13.0. The molecule has 0 bridgehead atoms. The lowest BCUT2D eigenvalue weighted by atomic mass is 10.1. The van der Waals surface area contributed by atoms with Crippen LogP contribution in [0.1, 0.15) is 18.5 Å². The number of benzene rings is 1. The van der Waals surface area contributed by atoms with Gasteiger partial charge in [-0.3, -0.25) is 14.6 Å². The van der Waals surface area contributed by atoms with E-state index in [0.717, 1.165) is 11.3 Å². The zero-order chi connectivity index (χ0) is 19.1. The Labute approximate surface area is 155 Å². The third kappa shape index (κ3) is 5.31. The van der Waals surface area contributed by atoms with Gasteiger partial charge in [0.25, 0.3) is 5.56 Å². The van der Waals surface area contributed by atoms with Crippen LogP contribution < -0.4 is 10.9 Å². The van der Waals surface area contributed by atoms with Crippen molar-refractivity contribution in [2.24, 2.45) is 0 Å². The van der Waals surface area contributed by atoms with Gasteiger partial charge in [0.2, 0.25) is 5.91 Å². The van der Waals surface area contributed by atoms with Gasteiger partial charge in [0.15, 0.2) is 0 Å². The minimum absolute atomic E-state index is 0.108. The summed E-state index contributed by atoms with van der Waals surface area (Å²) in [6.45, 7) is 0.697. The second-order valence-corrected chi connectivity index (χ2v) is 5.99. The topological polar surface area (TPSA) is 76.9 Å². The molecule has 27 heavy (non-hydrogen) atoms. The van der Waals surface area contributed by atoms with Gasteiger partial charge in [-0.1, -0.05) is 6.07 Å². The maximum absolute atomic E-state index is 13.0. The fourth-order valence-electron chi connectivity index (χ4n) is 2.55. The maximum Gasteiger partial charge on any atom is 0.266 e. The SMILES string of the molecule is O=C(CCCn1nc(-c2ccc(F)cc2)ccc1=O)NCc1ccccn1. The molecule has 2 heterocycles. The van der Waals surface area contributed by atoms with E-state index in [1.807, 2.05) is 18.2 Å². The van der Waals surface area contributed by atoms with Crippen LogP contribution in [0.5, 0.6) is 0 Å². The minimum Gasteiger partial charge on any atom is -0.350 e. The van der Waals surface area contributed by atoms with Gasteiger partial charge in [-0.05, 0) is 48.9 Å². The highest BCUT2D eigenvalue weighted by Crippen LogP contribution is 2.15. The molecular weight excluding hydrogens is 347 g/mol. The Morgan fingerprint density at radius 2 is 1.89 bits per heavy atom. The number of carbonyl (C=O) groups excluding carboxylic acids is 1. The molecule has 0 saturated carbocycles. The summed E-state index contributed by atoms with van der Waals surface area (Å²) in [6.07, 6.45) is 2.43. The number of rotatable bonds is 7. The zero-order valence-electron chi connectivity index (χ0n) is 14.6.